The Bertz CT molecular complexity index is 4780. The van der Waals surface area contributed by atoms with Gasteiger partial charge in [0.1, 0.15) is 23.2 Å². The molecule has 1 aliphatic heterocycles. The monoisotopic (exact) mass is 992 g/mol. The average molecular weight is 993 g/mol. The van der Waals surface area contributed by atoms with E-state index in [4.69, 9.17) is 9.15 Å². The first-order chi connectivity index (χ1) is 38.8. The van der Waals surface area contributed by atoms with Crippen molar-refractivity contribution in [1.29, 1.82) is 0 Å². The Morgan fingerprint density at radius 3 is 1.15 bits per heavy atom. The molecule has 0 aliphatic carbocycles. The maximum absolute atomic E-state index is 7.12. The second kappa shape index (κ2) is 17.8. The highest BCUT2D eigenvalue weighted by Crippen LogP contribution is 2.55. The van der Waals surface area contributed by atoms with Gasteiger partial charge in [0.05, 0.1) is 5.92 Å². The number of furan rings is 1. The van der Waals surface area contributed by atoms with Gasteiger partial charge < -0.3 is 9.15 Å². The molecule has 78 heavy (non-hydrogen) atoms. The minimum Gasteiger partial charge on any atom is -0.484 e. The predicted octanol–water partition coefficient (Wildman–Crippen LogP) is 21.0. The summed E-state index contributed by atoms with van der Waals surface area (Å²) in [5, 5.41) is 15.5. The molecule has 0 radical (unpaired) electrons. The third kappa shape index (κ3) is 6.70. The summed E-state index contributed by atoms with van der Waals surface area (Å²) in [6, 6.07) is 102. The fourth-order valence-electron chi connectivity index (χ4n) is 13.5. The Kier molecular flexibility index (Phi) is 10.1. The molecule has 0 saturated carbocycles. The number of para-hydroxylation sites is 2. The lowest BCUT2D eigenvalue weighted by Gasteiger charge is -2.25. The molecule has 0 amide bonds. The van der Waals surface area contributed by atoms with Crippen molar-refractivity contribution in [2.45, 2.75) is 12.0 Å². The molecule has 0 bridgehead atoms. The van der Waals surface area contributed by atoms with E-state index in [1.54, 1.807) is 0 Å². The van der Waals surface area contributed by atoms with Crippen LogP contribution in [-0.2, 0) is 0 Å². The van der Waals surface area contributed by atoms with Crippen LogP contribution in [0.25, 0.3) is 131 Å². The van der Waals surface area contributed by atoms with Gasteiger partial charge >= 0.3 is 0 Å². The summed E-state index contributed by atoms with van der Waals surface area (Å²) in [4.78, 5) is 0. The van der Waals surface area contributed by atoms with Crippen LogP contribution in [0.1, 0.15) is 28.7 Å². The van der Waals surface area contributed by atoms with Crippen molar-refractivity contribution in [3.8, 4) is 61.6 Å². The molecule has 2 heteroatoms. The molecule has 1 aromatic heterocycles. The molecule has 16 rings (SSSR count). The molecule has 1 aliphatic rings. The smallest absolute Gasteiger partial charge is 0.144 e. The van der Waals surface area contributed by atoms with Crippen molar-refractivity contribution >= 4 is 75.6 Å². The van der Waals surface area contributed by atoms with Gasteiger partial charge in [0, 0.05) is 27.6 Å². The van der Waals surface area contributed by atoms with Gasteiger partial charge in [-0.2, -0.15) is 0 Å². The highest BCUT2D eigenvalue weighted by Gasteiger charge is 2.39. The molecule has 0 N–H and O–H groups in total. The summed E-state index contributed by atoms with van der Waals surface area (Å²) in [5.41, 5.74) is 15.2. The lowest BCUT2D eigenvalue weighted by molar-refractivity contribution is 0.225. The molecule has 2 nitrogen and oxygen atoms in total. The van der Waals surface area contributed by atoms with E-state index in [9.17, 15) is 0 Å². The molecule has 0 spiro atoms. The van der Waals surface area contributed by atoms with Gasteiger partial charge in [-0.25, -0.2) is 0 Å². The number of fused-ring (bicyclic) bond motifs is 8. The summed E-state index contributed by atoms with van der Waals surface area (Å²) < 4.78 is 14.1. The van der Waals surface area contributed by atoms with Crippen LogP contribution in [0.5, 0.6) is 5.75 Å². The van der Waals surface area contributed by atoms with E-state index in [0.29, 0.717) is 0 Å². The number of rotatable bonds is 7. The zero-order valence-corrected chi connectivity index (χ0v) is 42.5. The van der Waals surface area contributed by atoms with E-state index in [2.05, 4.69) is 279 Å². The Hall–Kier alpha value is -10.0. The van der Waals surface area contributed by atoms with E-state index < -0.39 is 0 Å². The van der Waals surface area contributed by atoms with Gasteiger partial charge in [0.25, 0.3) is 0 Å². The van der Waals surface area contributed by atoms with Gasteiger partial charge in [-0.3, -0.25) is 0 Å². The fourth-order valence-corrected chi connectivity index (χ4v) is 13.5. The summed E-state index contributed by atoms with van der Waals surface area (Å²) in [6.07, 6.45) is -0.220. The average Bonchev–Trinajstić information content (AvgIpc) is 4.26. The molecule has 0 saturated heterocycles. The normalized spacial score (nSPS) is 14.3. The topological polar surface area (TPSA) is 22.4 Å². The summed E-state index contributed by atoms with van der Waals surface area (Å²) >= 11 is 0. The highest BCUT2D eigenvalue weighted by atomic mass is 16.5. The van der Waals surface area contributed by atoms with Crippen molar-refractivity contribution in [1.82, 2.24) is 0 Å². The third-order valence-electron chi connectivity index (χ3n) is 16.7. The van der Waals surface area contributed by atoms with E-state index >= 15 is 0 Å². The van der Waals surface area contributed by atoms with Crippen molar-refractivity contribution < 1.29 is 9.15 Å². The van der Waals surface area contributed by atoms with Crippen LogP contribution in [0, 0.1) is 0 Å². The third-order valence-corrected chi connectivity index (χ3v) is 16.7. The number of ether oxygens (including phenoxy) is 1. The summed E-state index contributed by atoms with van der Waals surface area (Å²) in [6.45, 7) is 0. The van der Waals surface area contributed by atoms with Crippen LogP contribution in [-0.4, -0.2) is 0 Å². The van der Waals surface area contributed by atoms with Crippen LogP contribution in [0.4, 0.5) is 0 Å². The Labute approximate surface area is 451 Å². The molecule has 2 heterocycles. The summed E-state index contributed by atoms with van der Waals surface area (Å²) in [5.74, 6) is 1.88. The fraction of sp³-hybridized carbons (Fsp3) is 0.0263. The molecule has 14 aromatic carbocycles. The van der Waals surface area contributed by atoms with Crippen molar-refractivity contribution in [2.75, 3.05) is 0 Å². The molecular weight excluding hydrogens is 945 g/mol. The van der Waals surface area contributed by atoms with E-state index in [-0.39, 0.29) is 12.0 Å². The van der Waals surface area contributed by atoms with E-state index in [0.717, 1.165) is 49.9 Å². The van der Waals surface area contributed by atoms with Crippen LogP contribution < -0.4 is 4.74 Å². The number of benzene rings is 14. The number of hydrogen-bond acceptors (Lipinski definition) is 2. The lowest BCUT2D eigenvalue weighted by atomic mass is 9.79. The maximum atomic E-state index is 7.12. The van der Waals surface area contributed by atoms with Gasteiger partial charge in [-0.1, -0.05) is 267 Å². The molecule has 364 valence electrons. The molecule has 0 fully saturated rings. The molecular formula is C76H48O2. The Morgan fingerprint density at radius 2 is 0.628 bits per heavy atom. The van der Waals surface area contributed by atoms with Crippen molar-refractivity contribution in [2.24, 2.45) is 0 Å². The van der Waals surface area contributed by atoms with Crippen LogP contribution in [0.3, 0.4) is 0 Å². The summed E-state index contributed by atoms with van der Waals surface area (Å²) in [7, 11) is 0. The van der Waals surface area contributed by atoms with Crippen molar-refractivity contribution in [3.05, 3.63) is 296 Å². The molecule has 2 atom stereocenters. The molecule has 2 unspecified atom stereocenters. The largest absolute Gasteiger partial charge is 0.484 e. The second-order valence-electron chi connectivity index (χ2n) is 20.8. The van der Waals surface area contributed by atoms with E-state index in [1.165, 1.54) is 104 Å². The predicted molar refractivity (Wildman–Crippen MR) is 327 cm³/mol. The standard InChI is InChI=1S/C76H48O2/c1-3-23-47(24-4-1)69-65-39-19-21-41-67(65)77-75(69)73-59-35-15-11-31-55(59)71(56-32-12-16-36-60(56)73)63-45-43-53(49-27-7-9-29-51(49)63)54-44-46-64(52-30-10-8-28-50(52)54)72-57-33-13-17-37-61(57)74(62-38-18-14-34-58(62)72)76-70(48-25-5-2-6-26-48)66-40-20-22-42-68(66)78-76/h1-46,69,75H. The van der Waals surface area contributed by atoms with Gasteiger partial charge in [-0.15, -0.1) is 0 Å². The van der Waals surface area contributed by atoms with Gasteiger partial charge in [-0.05, 0) is 121 Å². The van der Waals surface area contributed by atoms with E-state index in [1.807, 2.05) is 0 Å². The van der Waals surface area contributed by atoms with Gasteiger partial charge in [0.15, 0.2) is 0 Å². The Balaban J connectivity index is 0.886. The zero-order chi connectivity index (χ0) is 51.3. The minimum absolute atomic E-state index is 0.0361. The van der Waals surface area contributed by atoms with Crippen LogP contribution in [0.2, 0.25) is 0 Å². The first kappa shape index (κ1) is 44.3. The maximum Gasteiger partial charge on any atom is 0.144 e. The van der Waals surface area contributed by atoms with Gasteiger partial charge in [0.2, 0.25) is 0 Å². The zero-order valence-electron chi connectivity index (χ0n) is 42.5. The first-order valence-corrected chi connectivity index (χ1v) is 27.1. The van der Waals surface area contributed by atoms with Crippen molar-refractivity contribution in [3.63, 3.8) is 0 Å². The minimum atomic E-state index is -0.220. The van der Waals surface area contributed by atoms with Crippen LogP contribution >= 0.6 is 0 Å². The quantitative estimate of drug-likeness (QED) is 0.149. The van der Waals surface area contributed by atoms with Crippen LogP contribution in [0.15, 0.2) is 283 Å². The molecule has 15 aromatic rings. The SMILES string of the molecule is c1ccc(-c2c(-c3c4ccccc4c(-c4ccc(-c5ccc(-c6c7ccccc7c(C7Oc8ccccc8C7c7ccccc7)c7ccccc67)c6ccccc56)c5ccccc45)c4ccccc34)oc3ccccc23)cc1. The lowest BCUT2D eigenvalue weighted by Crippen LogP contribution is -2.13. The first-order valence-electron chi connectivity index (χ1n) is 27.1. The Morgan fingerprint density at radius 1 is 0.256 bits per heavy atom. The highest BCUT2D eigenvalue weighted by molar-refractivity contribution is 6.26. The number of hydrogen-bond donors (Lipinski definition) is 0. The second-order valence-corrected chi connectivity index (χ2v) is 20.8.